The SMILES string of the molecule is O=C(c1ccc(COc2ccccc2)cc1)N1CCN(Cc2nc(-c3ccc(Cl)cc3)no2)CC1. The lowest BCUT2D eigenvalue weighted by molar-refractivity contribution is 0.0615. The first-order valence-corrected chi connectivity index (χ1v) is 11.9. The molecule has 0 spiro atoms. The molecule has 0 N–H and O–H groups in total. The molecule has 1 aromatic heterocycles. The van der Waals surface area contributed by atoms with Gasteiger partial charge >= 0.3 is 0 Å². The molecule has 178 valence electrons. The maximum absolute atomic E-state index is 13.0. The maximum Gasteiger partial charge on any atom is 0.253 e. The normalized spacial score (nSPS) is 14.1. The van der Waals surface area contributed by atoms with Gasteiger partial charge < -0.3 is 14.2 Å². The molecule has 7 nitrogen and oxygen atoms in total. The number of hydrogen-bond acceptors (Lipinski definition) is 6. The summed E-state index contributed by atoms with van der Waals surface area (Å²) in [5.41, 5.74) is 2.57. The number of carbonyl (C=O) groups is 1. The molecule has 1 aliphatic rings. The van der Waals surface area contributed by atoms with Gasteiger partial charge in [0.05, 0.1) is 6.54 Å². The topological polar surface area (TPSA) is 71.7 Å². The molecular formula is C27H25ClN4O3. The van der Waals surface area contributed by atoms with E-state index in [9.17, 15) is 4.79 Å². The van der Waals surface area contributed by atoms with Crippen molar-refractivity contribution in [3.8, 4) is 17.1 Å². The molecular weight excluding hydrogens is 464 g/mol. The van der Waals surface area contributed by atoms with Gasteiger partial charge in [0.1, 0.15) is 12.4 Å². The molecule has 0 atom stereocenters. The largest absolute Gasteiger partial charge is 0.489 e. The first-order chi connectivity index (χ1) is 17.1. The van der Waals surface area contributed by atoms with Crippen LogP contribution < -0.4 is 4.74 Å². The third-order valence-electron chi connectivity index (χ3n) is 5.94. The molecule has 2 heterocycles. The molecule has 1 amide bonds. The average Bonchev–Trinajstić information content (AvgIpc) is 3.37. The van der Waals surface area contributed by atoms with Crippen LogP contribution >= 0.6 is 11.6 Å². The van der Waals surface area contributed by atoms with Gasteiger partial charge in [-0.05, 0) is 54.1 Å². The van der Waals surface area contributed by atoms with Crippen molar-refractivity contribution >= 4 is 17.5 Å². The number of carbonyl (C=O) groups excluding carboxylic acids is 1. The Kier molecular flexibility index (Phi) is 7.07. The number of amides is 1. The smallest absolute Gasteiger partial charge is 0.253 e. The number of nitrogens with zero attached hydrogens (tertiary/aromatic N) is 4. The molecule has 3 aromatic carbocycles. The summed E-state index contributed by atoms with van der Waals surface area (Å²) in [5.74, 6) is 1.97. The molecule has 1 aliphatic heterocycles. The van der Waals surface area contributed by atoms with Crippen LogP contribution in [0.15, 0.2) is 83.4 Å². The van der Waals surface area contributed by atoms with Gasteiger partial charge in [-0.3, -0.25) is 9.69 Å². The monoisotopic (exact) mass is 488 g/mol. The summed E-state index contributed by atoms with van der Waals surface area (Å²) in [6, 6.07) is 24.7. The van der Waals surface area contributed by atoms with Gasteiger partial charge in [-0.25, -0.2) is 0 Å². The third kappa shape index (κ3) is 5.88. The van der Waals surface area contributed by atoms with Crippen molar-refractivity contribution in [2.24, 2.45) is 0 Å². The van der Waals surface area contributed by atoms with Crippen LogP contribution in [-0.4, -0.2) is 52.0 Å². The highest BCUT2D eigenvalue weighted by molar-refractivity contribution is 6.30. The molecule has 0 saturated carbocycles. The number of halogens is 1. The summed E-state index contributed by atoms with van der Waals surface area (Å²) in [4.78, 5) is 21.6. The summed E-state index contributed by atoms with van der Waals surface area (Å²) in [7, 11) is 0. The van der Waals surface area contributed by atoms with Crippen LogP contribution in [0.4, 0.5) is 0 Å². The lowest BCUT2D eigenvalue weighted by Gasteiger charge is -2.34. The second-order valence-electron chi connectivity index (χ2n) is 8.39. The number of hydrogen-bond donors (Lipinski definition) is 0. The Bertz CT molecular complexity index is 1250. The molecule has 5 rings (SSSR count). The van der Waals surface area contributed by atoms with E-state index in [1.165, 1.54) is 0 Å². The molecule has 1 fully saturated rings. The van der Waals surface area contributed by atoms with Gasteiger partial charge in [-0.1, -0.05) is 47.1 Å². The van der Waals surface area contributed by atoms with Crippen molar-refractivity contribution in [2.75, 3.05) is 26.2 Å². The Balaban J connectivity index is 1.10. The minimum absolute atomic E-state index is 0.0444. The third-order valence-corrected chi connectivity index (χ3v) is 6.19. The average molecular weight is 489 g/mol. The van der Waals surface area contributed by atoms with Gasteiger partial charge in [0, 0.05) is 42.3 Å². The minimum Gasteiger partial charge on any atom is -0.489 e. The number of rotatable bonds is 7. The van der Waals surface area contributed by atoms with E-state index in [1.807, 2.05) is 71.6 Å². The van der Waals surface area contributed by atoms with Crippen LogP contribution in [-0.2, 0) is 13.2 Å². The van der Waals surface area contributed by atoms with Gasteiger partial charge in [0.25, 0.3) is 5.91 Å². The van der Waals surface area contributed by atoms with Crippen LogP contribution in [0.25, 0.3) is 11.4 Å². The summed E-state index contributed by atoms with van der Waals surface area (Å²) < 4.78 is 11.2. The number of aromatic nitrogens is 2. The Morgan fingerprint density at radius 2 is 1.63 bits per heavy atom. The quantitative estimate of drug-likeness (QED) is 0.367. The van der Waals surface area contributed by atoms with Crippen molar-refractivity contribution in [3.05, 3.63) is 101 Å². The second-order valence-corrected chi connectivity index (χ2v) is 8.82. The van der Waals surface area contributed by atoms with Crippen LogP contribution in [0.1, 0.15) is 21.8 Å². The van der Waals surface area contributed by atoms with E-state index in [2.05, 4.69) is 15.0 Å². The van der Waals surface area contributed by atoms with Gasteiger partial charge in [0.15, 0.2) is 0 Å². The molecule has 1 saturated heterocycles. The fourth-order valence-corrected chi connectivity index (χ4v) is 4.07. The summed E-state index contributed by atoms with van der Waals surface area (Å²) in [6.45, 7) is 3.80. The number of para-hydroxylation sites is 1. The lowest BCUT2D eigenvalue weighted by atomic mass is 10.1. The maximum atomic E-state index is 13.0. The van der Waals surface area contributed by atoms with Crippen molar-refractivity contribution in [1.82, 2.24) is 19.9 Å². The first-order valence-electron chi connectivity index (χ1n) is 11.5. The highest BCUT2D eigenvalue weighted by Crippen LogP contribution is 2.20. The van der Waals surface area contributed by atoms with Crippen LogP contribution in [0.2, 0.25) is 5.02 Å². The summed E-state index contributed by atoms with van der Waals surface area (Å²) in [6.07, 6.45) is 0. The van der Waals surface area contributed by atoms with E-state index in [0.29, 0.717) is 48.5 Å². The van der Waals surface area contributed by atoms with Crippen LogP contribution in [0, 0.1) is 0 Å². The van der Waals surface area contributed by atoms with E-state index in [-0.39, 0.29) is 5.91 Å². The van der Waals surface area contributed by atoms with E-state index in [4.69, 9.17) is 20.9 Å². The summed E-state index contributed by atoms with van der Waals surface area (Å²) >= 11 is 5.94. The molecule has 35 heavy (non-hydrogen) atoms. The Hall–Kier alpha value is -3.68. The zero-order valence-corrected chi connectivity index (χ0v) is 19.9. The molecule has 0 radical (unpaired) electrons. The Morgan fingerprint density at radius 1 is 0.914 bits per heavy atom. The molecule has 0 bridgehead atoms. The van der Waals surface area contributed by atoms with Gasteiger partial charge in [-0.2, -0.15) is 4.98 Å². The van der Waals surface area contributed by atoms with E-state index in [1.54, 1.807) is 12.1 Å². The molecule has 0 unspecified atom stereocenters. The van der Waals surface area contributed by atoms with Gasteiger partial charge in [0.2, 0.25) is 11.7 Å². The highest BCUT2D eigenvalue weighted by atomic mass is 35.5. The van der Waals surface area contributed by atoms with E-state index >= 15 is 0 Å². The predicted molar refractivity (Wildman–Crippen MR) is 133 cm³/mol. The Morgan fingerprint density at radius 3 is 2.34 bits per heavy atom. The zero-order chi connectivity index (χ0) is 24.0. The fourth-order valence-electron chi connectivity index (χ4n) is 3.95. The van der Waals surface area contributed by atoms with E-state index in [0.717, 1.165) is 30.0 Å². The van der Waals surface area contributed by atoms with Crippen molar-refractivity contribution in [2.45, 2.75) is 13.2 Å². The van der Waals surface area contributed by atoms with E-state index < -0.39 is 0 Å². The highest BCUT2D eigenvalue weighted by Gasteiger charge is 2.23. The molecule has 4 aromatic rings. The van der Waals surface area contributed by atoms with Crippen molar-refractivity contribution in [3.63, 3.8) is 0 Å². The van der Waals surface area contributed by atoms with Crippen LogP contribution in [0.3, 0.4) is 0 Å². The standard InChI is InChI=1S/C27H25ClN4O3/c28-23-12-10-21(11-13-23)26-29-25(35-30-26)18-31-14-16-32(17-15-31)27(33)22-8-6-20(7-9-22)19-34-24-4-2-1-3-5-24/h1-13H,14-19H2. The zero-order valence-electron chi connectivity index (χ0n) is 19.1. The molecule has 8 heteroatoms. The summed E-state index contributed by atoms with van der Waals surface area (Å²) in [5, 5.41) is 4.74. The van der Waals surface area contributed by atoms with Crippen molar-refractivity contribution < 1.29 is 14.1 Å². The molecule has 0 aliphatic carbocycles. The number of ether oxygens (including phenoxy) is 1. The number of benzene rings is 3. The Labute approximate surface area is 208 Å². The number of piperazine rings is 1. The second kappa shape index (κ2) is 10.7. The predicted octanol–water partition coefficient (Wildman–Crippen LogP) is 4.93. The minimum atomic E-state index is 0.0444. The van der Waals surface area contributed by atoms with Gasteiger partial charge in [-0.15, -0.1) is 0 Å². The fraction of sp³-hybridized carbons (Fsp3) is 0.222. The first kappa shape index (κ1) is 23.1. The van der Waals surface area contributed by atoms with Crippen LogP contribution in [0.5, 0.6) is 5.75 Å². The lowest BCUT2D eigenvalue weighted by Crippen LogP contribution is -2.48. The van der Waals surface area contributed by atoms with Crippen molar-refractivity contribution in [1.29, 1.82) is 0 Å².